The standard InChI is InChI=1S/C26H28Cl2F3N7O3.C7H12FN/c1-4-36(2)24(39)22-21(28)18-11-37(6-5-7-38(18)35-22)23-15-12-41-19(10-17(15)33-25(34-23)40-3)14-8-13(32)9-16(27)20(14)26(29,30)31;8-6-4-7-2-1-3-9(7)5-6/h8-9,19H,4-7,10-12,32H2,1-3H3;6-7H,1-5H2. The fraction of sp³-hybridized carbons (Fsp3) is 0.576. The highest BCUT2D eigenvalue weighted by Crippen LogP contribution is 2.44. The predicted octanol–water partition coefficient (Wildman–Crippen LogP) is 6.10. The molecule has 0 spiro atoms. The van der Waals surface area contributed by atoms with E-state index in [0.29, 0.717) is 61.4 Å². The molecule has 272 valence electrons. The number of carbonyl (C=O) groups is 1. The maximum atomic E-state index is 14.0. The number of aromatic nitrogens is 4. The number of nitrogens with two attached hydrogens (primary N) is 1. The molecule has 1 amide bonds. The summed E-state index contributed by atoms with van der Waals surface area (Å²) in [7, 11) is 3.09. The lowest BCUT2D eigenvalue weighted by Gasteiger charge is -2.31. The van der Waals surface area contributed by atoms with E-state index in [-0.39, 0.29) is 53.5 Å². The molecule has 0 radical (unpaired) electrons. The van der Waals surface area contributed by atoms with Gasteiger partial charge in [-0.05, 0) is 56.8 Å². The zero-order chi connectivity index (χ0) is 35.9. The monoisotopic (exact) mass is 742 g/mol. The molecule has 50 heavy (non-hydrogen) atoms. The second-order valence-corrected chi connectivity index (χ2v) is 13.8. The predicted molar refractivity (Wildman–Crippen MR) is 180 cm³/mol. The molecule has 0 saturated carbocycles. The van der Waals surface area contributed by atoms with E-state index in [9.17, 15) is 22.4 Å². The van der Waals surface area contributed by atoms with Crippen molar-refractivity contribution in [3.63, 3.8) is 0 Å². The van der Waals surface area contributed by atoms with Crippen LogP contribution in [-0.4, -0.2) is 88.0 Å². The molecule has 4 aliphatic rings. The van der Waals surface area contributed by atoms with Crippen LogP contribution in [0.15, 0.2) is 12.1 Å². The van der Waals surface area contributed by atoms with Crippen LogP contribution in [0.25, 0.3) is 0 Å². The molecule has 3 unspecified atom stereocenters. The number of aryl methyl sites for hydroxylation is 1. The van der Waals surface area contributed by atoms with Gasteiger partial charge in [0, 0.05) is 56.9 Å². The summed E-state index contributed by atoms with van der Waals surface area (Å²) < 4.78 is 67.5. The third-order valence-electron chi connectivity index (χ3n) is 9.73. The summed E-state index contributed by atoms with van der Waals surface area (Å²) in [5.74, 6) is 0.237. The second kappa shape index (κ2) is 14.7. The molecule has 7 rings (SSSR count). The number of anilines is 2. The minimum Gasteiger partial charge on any atom is -0.467 e. The summed E-state index contributed by atoms with van der Waals surface area (Å²) in [4.78, 5) is 27.6. The molecule has 1 aromatic carbocycles. The summed E-state index contributed by atoms with van der Waals surface area (Å²) in [5, 5.41) is 4.26. The van der Waals surface area contributed by atoms with Crippen molar-refractivity contribution in [2.75, 3.05) is 51.0 Å². The van der Waals surface area contributed by atoms with Gasteiger partial charge in [-0.15, -0.1) is 0 Å². The highest BCUT2D eigenvalue weighted by molar-refractivity contribution is 6.34. The summed E-state index contributed by atoms with van der Waals surface area (Å²) in [6, 6.07) is 2.98. The van der Waals surface area contributed by atoms with E-state index in [1.165, 1.54) is 30.9 Å². The zero-order valence-corrected chi connectivity index (χ0v) is 29.6. The lowest BCUT2D eigenvalue weighted by molar-refractivity contribution is -0.139. The number of fused-ring (bicyclic) bond motifs is 3. The van der Waals surface area contributed by atoms with Gasteiger partial charge in [0.1, 0.15) is 12.0 Å². The van der Waals surface area contributed by atoms with Gasteiger partial charge in [0.25, 0.3) is 5.91 Å². The average molecular weight is 744 g/mol. The Bertz CT molecular complexity index is 1730. The van der Waals surface area contributed by atoms with Crippen LogP contribution in [0.5, 0.6) is 6.01 Å². The number of amides is 1. The van der Waals surface area contributed by atoms with Crippen molar-refractivity contribution in [2.24, 2.45) is 0 Å². The third-order valence-corrected chi connectivity index (χ3v) is 10.4. The summed E-state index contributed by atoms with van der Waals surface area (Å²) >= 11 is 12.7. The first-order valence-corrected chi connectivity index (χ1v) is 17.4. The molecule has 11 nitrogen and oxygen atoms in total. The first-order valence-electron chi connectivity index (χ1n) is 16.6. The van der Waals surface area contributed by atoms with Gasteiger partial charge in [0.15, 0.2) is 5.69 Å². The number of nitrogen functional groups attached to an aromatic ring is 1. The summed E-state index contributed by atoms with van der Waals surface area (Å²) in [6.07, 6.45) is -2.22. The van der Waals surface area contributed by atoms with Crippen LogP contribution in [-0.2, 0) is 37.0 Å². The average Bonchev–Trinajstić information content (AvgIpc) is 3.69. The number of ether oxygens (including phenoxy) is 2. The molecular weight excluding hydrogens is 703 g/mol. The Labute approximate surface area is 297 Å². The van der Waals surface area contributed by atoms with Crippen molar-refractivity contribution >= 4 is 40.6 Å². The van der Waals surface area contributed by atoms with Crippen LogP contribution < -0.4 is 15.4 Å². The molecule has 17 heteroatoms. The quantitative estimate of drug-likeness (QED) is 0.245. The highest BCUT2D eigenvalue weighted by atomic mass is 35.5. The van der Waals surface area contributed by atoms with E-state index >= 15 is 0 Å². The van der Waals surface area contributed by atoms with Crippen LogP contribution in [0.4, 0.5) is 29.1 Å². The van der Waals surface area contributed by atoms with Gasteiger partial charge in [-0.3, -0.25) is 14.4 Å². The maximum Gasteiger partial charge on any atom is 0.418 e. The molecular formula is C33H40Cl2F4N8O3. The smallest absolute Gasteiger partial charge is 0.418 e. The number of carbonyl (C=O) groups excluding carboxylic acids is 1. The number of halogens is 6. The Balaban J connectivity index is 0.000000412. The summed E-state index contributed by atoms with van der Waals surface area (Å²) in [5.41, 5.74) is 6.74. The zero-order valence-electron chi connectivity index (χ0n) is 28.1. The van der Waals surface area contributed by atoms with E-state index in [1.807, 2.05) is 11.8 Å². The Kier molecular flexibility index (Phi) is 10.7. The van der Waals surface area contributed by atoms with E-state index < -0.39 is 29.0 Å². The van der Waals surface area contributed by atoms with Gasteiger partial charge >= 0.3 is 12.2 Å². The number of benzene rings is 1. The Morgan fingerprint density at radius 2 is 1.96 bits per heavy atom. The molecule has 3 aromatic rings. The minimum atomic E-state index is -4.71. The van der Waals surface area contributed by atoms with Crippen molar-refractivity contribution in [1.82, 2.24) is 29.5 Å². The lowest BCUT2D eigenvalue weighted by atomic mass is 9.94. The maximum absolute atomic E-state index is 14.0. The van der Waals surface area contributed by atoms with Crippen LogP contribution in [0.1, 0.15) is 77.3 Å². The van der Waals surface area contributed by atoms with Crippen LogP contribution in [0.2, 0.25) is 10.0 Å². The van der Waals surface area contributed by atoms with Crippen molar-refractivity contribution in [3.8, 4) is 6.01 Å². The van der Waals surface area contributed by atoms with Crippen molar-refractivity contribution in [2.45, 2.75) is 83.2 Å². The second-order valence-electron chi connectivity index (χ2n) is 13.0. The molecule has 6 heterocycles. The molecule has 0 bridgehead atoms. The Morgan fingerprint density at radius 1 is 1.18 bits per heavy atom. The number of nitrogens with zero attached hydrogens (tertiary/aromatic N) is 7. The fourth-order valence-electron chi connectivity index (χ4n) is 7.14. The number of rotatable bonds is 5. The van der Waals surface area contributed by atoms with Gasteiger partial charge in [0.2, 0.25) is 0 Å². The van der Waals surface area contributed by atoms with Crippen LogP contribution >= 0.6 is 23.2 Å². The first kappa shape index (κ1) is 36.4. The van der Waals surface area contributed by atoms with E-state index in [4.69, 9.17) is 38.4 Å². The van der Waals surface area contributed by atoms with Gasteiger partial charge in [0.05, 0.1) is 53.4 Å². The van der Waals surface area contributed by atoms with Crippen LogP contribution in [0, 0.1) is 0 Å². The minimum absolute atomic E-state index is 0.0125. The molecule has 2 aromatic heterocycles. The van der Waals surface area contributed by atoms with Crippen molar-refractivity contribution in [1.29, 1.82) is 0 Å². The molecule has 2 saturated heterocycles. The molecule has 4 aliphatic heterocycles. The van der Waals surface area contributed by atoms with Gasteiger partial charge in [-0.2, -0.15) is 28.2 Å². The molecule has 2 N–H and O–H groups in total. The fourth-order valence-corrected chi connectivity index (χ4v) is 7.75. The lowest BCUT2D eigenvalue weighted by Crippen LogP contribution is -2.29. The van der Waals surface area contributed by atoms with Crippen LogP contribution in [0.3, 0.4) is 0 Å². The topological polar surface area (TPSA) is 115 Å². The molecule has 3 atom stereocenters. The van der Waals surface area contributed by atoms with Crippen molar-refractivity contribution in [3.05, 3.63) is 56.0 Å². The number of alkyl halides is 4. The van der Waals surface area contributed by atoms with Gasteiger partial charge in [-0.1, -0.05) is 23.2 Å². The summed E-state index contributed by atoms with van der Waals surface area (Å²) in [6.45, 7) is 5.55. The number of hydrogen-bond donors (Lipinski definition) is 1. The molecule has 2 fully saturated rings. The third kappa shape index (κ3) is 7.32. The Hall–Kier alpha value is -3.40. The SMILES string of the molecule is CCN(C)C(=O)c1nn2c(c1Cl)CN(c1nc(OC)nc3c1COC(c1cc(N)cc(Cl)c1C(F)(F)F)C3)CCC2.FC1CC2CCCN2C1. The highest BCUT2D eigenvalue weighted by Gasteiger charge is 2.40. The van der Waals surface area contributed by atoms with E-state index in [2.05, 4.69) is 20.0 Å². The van der Waals surface area contributed by atoms with Crippen molar-refractivity contribution < 1.29 is 31.8 Å². The van der Waals surface area contributed by atoms with Gasteiger partial charge < -0.3 is 25.0 Å². The first-order chi connectivity index (χ1) is 23.8. The van der Waals surface area contributed by atoms with E-state index in [0.717, 1.165) is 19.0 Å². The largest absolute Gasteiger partial charge is 0.467 e. The number of hydrogen-bond acceptors (Lipinski definition) is 9. The Morgan fingerprint density at radius 3 is 2.66 bits per heavy atom. The molecule has 0 aliphatic carbocycles. The number of methoxy groups -OCH3 is 1. The van der Waals surface area contributed by atoms with Gasteiger partial charge in [-0.25, -0.2) is 4.39 Å². The normalized spacial score (nSPS) is 21.9. The van der Waals surface area contributed by atoms with E-state index in [1.54, 1.807) is 11.7 Å².